The van der Waals surface area contributed by atoms with Crippen molar-refractivity contribution in [2.75, 3.05) is 18.5 Å². The van der Waals surface area contributed by atoms with Gasteiger partial charge in [-0.25, -0.2) is 5.43 Å². The van der Waals surface area contributed by atoms with Gasteiger partial charge in [-0.2, -0.15) is 0 Å². The van der Waals surface area contributed by atoms with E-state index in [0.717, 1.165) is 11.8 Å². The highest BCUT2D eigenvalue weighted by atomic mass is 35.5. The van der Waals surface area contributed by atoms with Crippen LogP contribution in [0.15, 0.2) is 60.2 Å². The minimum absolute atomic E-state index is 0.0576. The molecule has 0 spiro atoms. The number of thioether (sulfide) groups is 1. The van der Waals surface area contributed by atoms with Crippen LogP contribution in [0.5, 0.6) is 5.75 Å². The molecule has 1 atom stereocenters. The number of amidine groups is 1. The molecule has 1 fully saturated rings. The predicted molar refractivity (Wildman–Crippen MR) is 136 cm³/mol. The number of nitrogens with zero attached hydrogens (tertiary/aromatic N) is 2. The van der Waals surface area contributed by atoms with E-state index in [4.69, 9.17) is 39.5 Å². The number of carbonyl (C=O) groups excluding carboxylic acids is 3. The monoisotopic (exact) mass is 540 g/mol. The third-order valence-electron chi connectivity index (χ3n) is 4.37. The Labute approximate surface area is 215 Å². The molecule has 2 aromatic rings. The molecular formula is C22H19Cl3N4O4S. The number of hydrogen-bond donors (Lipinski definition) is 2. The molecule has 1 aliphatic rings. The molecule has 1 heterocycles. The van der Waals surface area contributed by atoms with Gasteiger partial charge in [-0.1, -0.05) is 70.8 Å². The van der Waals surface area contributed by atoms with Crippen LogP contribution in [0.25, 0.3) is 0 Å². The molecule has 0 bridgehead atoms. The lowest BCUT2D eigenvalue weighted by Gasteiger charge is -2.14. The summed E-state index contributed by atoms with van der Waals surface area (Å²) in [7, 11) is 0. The van der Waals surface area contributed by atoms with Crippen molar-refractivity contribution in [1.82, 2.24) is 10.3 Å². The second-order valence-corrected chi connectivity index (χ2v) is 9.27. The van der Waals surface area contributed by atoms with Gasteiger partial charge in [-0.05, 0) is 18.2 Å². The topological polar surface area (TPSA) is 100 Å². The van der Waals surface area contributed by atoms with Crippen molar-refractivity contribution in [2.45, 2.75) is 11.7 Å². The van der Waals surface area contributed by atoms with Crippen molar-refractivity contribution in [2.24, 2.45) is 5.10 Å². The Morgan fingerprint density at radius 2 is 1.82 bits per heavy atom. The lowest BCUT2D eigenvalue weighted by molar-refractivity contribution is -0.128. The summed E-state index contributed by atoms with van der Waals surface area (Å²) in [5.41, 5.74) is 2.97. The van der Waals surface area contributed by atoms with Crippen LogP contribution in [0.3, 0.4) is 0 Å². The number of hydrazone groups is 1. The Hall–Kier alpha value is -2.72. The molecule has 0 aromatic heterocycles. The fraction of sp³-hybridized carbons (Fsp3) is 0.182. The number of benzene rings is 2. The average Bonchev–Trinajstić information content (AvgIpc) is 3.09. The van der Waals surface area contributed by atoms with E-state index in [9.17, 15) is 14.4 Å². The van der Waals surface area contributed by atoms with E-state index in [1.165, 1.54) is 23.1 Å². The maximum atomic E-state index is 12.8. The maximum Gasteiger partial charge on any atom is 0.278 e. The van der Waals surface area contributed by atoms with Gasteiger partial charge in [0.05, 0.1) is 15.1 Å². The molecule has 0 saturated carbocycles. The lowest BCUT2D eigenvalue weighted by atomic mass is 10.2. The Balaban J connectivity index is 1.59. The van der Waals surface area contributed by atoms with E-state index < -0.39 is 17.8 Å². The van der Waals surface area contributed by atoms with Gasteiger partial charge < -0.3 is 10.1 Å². The van der Waals surface area contributed by atoms with Crippen LogP contribution >= 0.6 is 46.6 Å². The van der Waals surface area contributed by atoms with Crippen molar-refractivity contribution < 1.29 is 19.1 Å². The van der Waals surface area contributed by atoms with E-state index in [0.29, 0.717) is 5.69 Å². The van der Waals surface area contributed by atoms with Crippen LogP contribution in [-0.2, 0) is 14.4 Å². The average molecular weight is 542 g/mol. The number of nitrogens with one attached hydrogen (secondary N) is 2. The molecule has 2 aromatic carbocycles. The highest BCUT2D eigenvalue weighted by molar-refractivity contribution is 8.15. The summed E-state index contributed by atoms with van der Waals surface area (Å²) in [5.74, 6) is -1.03. The maximum absolute atomic E-state index is 12.8. The smallest absolute Gasteiger partial charge is 0.278 e. The minimum Gasteiger partial charge on any atom is -0.482 e. The van der Waals surface area contributed by atoms with E-state index >= 15 is 0 Å². The molecule has 2 N–H and O–H groups in total. The van der Waals surface area contributed by atoms with Crippen LogP contribution in [0.2, 0.25) is 15.1 Å². The summed E-state index contributed by atoms with van der Waals surface area (Å²) in [4.78, 5) is 38.7. The minimum atomic E-state index is -0.689. The Morgan fingerprint density at radius 3 is 2.53 bits per heavy atom. The van der Waals surface area contributed by atoms with Gasteiger partial charge in [0, 0.05) is 24.7 Å². The zero-order valence-corrected chi connectivity index (χ0v) is 20.7. The molecule has 34 heavy (non-hydrogen) atoms. The summed E-state index contributed by atoms with van der Waals surface area (Å²) in [6, 6.07) is 11.7. The number of ether oxygens (including phenoxy) is 1. The van der Waals surface area contributed by atoms with Crippen molar-refractivity contribution in [3.05, 3.63) is 70.2 Å². The molecule has 1 unspecified atom stereocenters. The van der Waals surface area contributed by atoms with Gasteiger partial charge in [-0.3, -0.25) is 19.3 Å². The fourth-order valence-corrected chi connectivity index (χ4v) is 4.52. The van der Waals surface area contributed by atoms with Crippen molar-refractivity contribution in [3.63, 3.8) is 0 Å². The van der Waals surface area contributed by atoms with Crippen LogP contribution in [0.1, 0.15) is 6.42 Å². The molecule has 3 amide bonds. The van der Waals surface area contributed by atoms with E-state index in [1.54, 1.807) is 24.3 Å². The molecule has 178 valence electrons. The normalized spacial score (nSPS) is 16.4. The Bertz CT molecular complexity index is 1130. The second kappa shape index (κ2) is 12.1. The fourth-order valence-electron chi connectivity index (χ4n) is 2.82. The van der Waals surface area contributed by atoms with E-state index in [2.05, 4.69) is 22.4 Å². The van der Waals surface area contributed by atoms with Crippen molar-refractivity contribution in [1.29, 1.82) is 0 Å². The first-order chi connectivity index (χ1) is 16.3. The number of hydrogen-bond acceptors (Lipinski definition) is 6. The number of para-hydroxylation sites is 1. The molecule has 12 heteroatoms. The van der Waals surface area contributed by atoms with Crippen molar-refractivity contribution >= 4 is 75.1 Å². The van der Waals surface area contributed by atoms with Gasteiger partial charge in [0.2, 0.25) is 11.8 Å². The van der Waals surface area contributed by atoms with Gasteiger partial charge >= 0.3 is 0 Å². The quantitative estimate of drug-likeness (QED) is 0.275. The zero-order valence-electron chi connectivity index (χ0n) is 17.6. The Kier molecular flexibility index (Phi) is 9.23. The van der Waals surface area contributed by atoms with Gasteiger partial charge in [0.1, 0.15) is 11.0 Å². The molecule has 0 radical (unpaired) electrons. The zero-order chi connectivity index (χ0) is 24.7. The summed E-state index contributed by atoms with van der Waals surface area (Å²) in [6.45, 7) is 3.41. The van der Waals surface area contributed by atoms with Gasteiger partial charge in [-0.15, -0.1) is 11.7 Å². The molecule has 0 aliphatic carbocycles. The predicted octanol–water partition coefficient (Wildman–Crippen LogP) is 4.57. The van der Waals surface area contributed by atoms with Gasteiger partial charge in [0.25, 0.3) is 5.91 Å². The van der Waals surface area contributed by atoms with Crippen LogP contribution in [-0.4, -0.2) is 46.2 Å². The van der Waals surface area contributed by atoms with E-state index in [-0.39, 0.29) is 50.8 Å². The standard InChI is InChI=1S/C22H19Cl3N4O4S/c1-2-8-29-21(32)18(11-19(30)26-13-6-4-3-5-7-13)34-22(29)28-27-20(31)12-33-17-10-15(24)14(23)9-16(17)25/h2-7,9-10,18H,1,8,11-12H2,(H,26,30)(H,27,31)/b28-22+. The number of carbonyl (C=O) groups is 3. The summed E-state index contributed by atoms with van der Waals surface area (Å²) < 4.78 is 5.36. The first-order valence-corrected chi connectivity index (χ1v) is 11.9. The third kappa shape index (κ3) is 6.89. The second-order valence-electron chi connectivity index (χ2n) is 6.88. The van der Waals surface area contributed by atoms with Crippen LogP contribution < -0.4 is 15.5 Å². The van der Waals surface area contributed by atoms with Crippen LogP contribution in [0, 0.1) is 0 Å². The highest BCUT2D eigenvalue weighted by Crippen LogP contribution is 2.34. The summed E-state index contributed by atoms with van der Waals surface area (Å²) >= 11 is 18.9. The largest absolute Gasteiger partial charge is 0.482 e. The summed E-state index contributed by atoms with van der Waals surface area (Å²) in [5, 5.41) is 7.00. The van der Waals surface area contributed by atoms with Crippen LogP contribution in [0.4, 0.5) is 5.69 Å². The van der Waals surface area contributed by atoms with Gasteiger partial charge in [0.15, 0.2) is 11.8 Å². The van der Waals surface area contributed by atoms with E-state index in [1.807, 2.05) is 6.07 Å². The number of anilines is 1. The van der Waals surface area contributed by atoms with Crippen molar-refractivity contribution in [3.8, 4) is 5.75 Å². The number of halogens is 3. The number of amides is 3. The third-order valence-corrected chi connectivity index (χ3v) is 6.56. The SMILES string of the molecule is C=CCN1C(=O)C(CC(=O)Nc2ccccc2)S/C1=N/NC(=O)COc1cc(Cl)c(Cl)cc1Cl. The first-order valence-electron chi connectivity index (χ1n) is 9.86. The molecule has 8 nitrogen and oxygen atoms in total. The first kappa shape index (κ1) is 25.9. The molecule has 3 rings (SSSR count). The molecule has 1 aliphatic heterocycles. The molecule has 1 saturated heterocycles. The Morgan fingerprint density at radius 1 is 1.12 bits per heavy atom. The highest BCUT2D eigenvalue weighted by Gasteiger charge is 2.38. The number of rotatable bonds is 9. The molecular weight excluding hydrogens is 523 g/mol. The lowest BCUT2D eigenvalue weighted by Crippen LogP contribution is -2.35. The summed E-state index contributed by atoms with van der Waals surface area (Å²) in [6.07, 6.45) is 1.47.